The quantitative estimate of drug-likeness (QED) is 0.269. The number of nitrogens with zero attached hydrogens (tertiary/aromatic N) is 1. The summed E-state index contributed by atoms with van der Waals surface area (Å²) in [7, 11) is 0. The van der Waals surface area contributed by atoms with Gasteiger partial charge in [-0.3, -0.25) is 0 Å². The number of esters is 1. The predicted octanol–water partition coefficient (Wildman–Crippen LogP) is 7.18. The highest BCUT2D eigenvalue weighted by atomic mass is 32.2. The highest BCUT2D eigenvalue weighted by Crippen LogP contribution is 2.49. The normalized spacial score (nSPS) is 18.1. The fraction of sp³-hybridized carbons (Fsp3) is 0.500. The number of anilines is 2. The van der Waals surface area contributed by atoms with Gasteiger partial charge in [0, 0.05) is 22.9 Å². The van der Waals surface area contributed by atoms with Crippen LogP contribution in [0.4, 0.5) is 11.4 Å². The second kappa shape index (κ2) is 11.9. The molecule has 0 bridgehead atoms. The molecule has 0 saturated carbocycles. The van der Waals surface area contributed by atoms with Crippen LogP contribution in [0.5, 0.6) is 5.75 Å². The number of rotatable bonds is 10. The molecule has 1 aliphatic heterocycles. The Bertz CT molecular complexity index is 890. The highest BCUT2D eigenvalue weighted by molar-refractivity contribution is 7.99. The summed E-state index contributed by atoms with van der Waals surface area (Å²) in [4.78, 5) is 16.6. The molecule has 1 heterocycles. The smallest absolute Gasteiger partial charge is 0.344 e. The molecule has 6 heteroatoms. The van der Waals surface area contributed by atoms with E-state index in [1.807, 2.05) is 18.0 Å². The summed E-state index contributed by atoms with van der Waals surface area (Å²) in [6, 6.07) is 15.0. The minimum Gasteiger partial charge on any atom is -0.481 e. The summed E-state index contributed by atoms with van der Waals surface area (Å²) in [6.45, 7) is 7.71. The van der Waals surface area contributed by atoms with Gasteiger partial charge in [-0.25, -0.2) is 4.79 Å². The summed E-state index contributed by atoms with van der Waals surface area (Å²) >= 11 is 3.56. The van der Waals surface area contributed by atoms with Crippen LogP contribution in [0, 0.1) is 5.41 Å². The van der Waals surface area contributed by atoms with Gasteiger partial charge >= 0.3 is 5.97 Å². The first-order valence-electron chi connectivity index (χ1n) is 11.5. The first kappa shape index (κ1) is 24.8. The van der Waals surface area contributed by atoms with Gasteiger partial charge in [-0.05, 0) is 55.7 Å². The molecule has 0 aliphatic carbocycles. The van der Waals surface area contributed by atoms with Gasteiger partial charge < -0.3 is 14.4 Å². The van der Waals surface area contributed by atoms with E-state index in [0.717, 1.165) is 29.4 Å². The Morgan fingerprint density at radius 1 is 1.19 bits per heavy atom. The second-order valence-corrected chi connectivity index (χ2v) is 10.1. The molecule has 0 radical (unpaired) electrons. The average molecular weight is 474 g/mol. The van der Waals surface area contributed by atoms with Crippen LogP contribution >= 0.6 is 23.5 Å². The molecule has 1 unspecified atom stereocenters. The molecule has 2 aromatic carbocycles. The Morgan fingerprint density at radius 2 is 1.97 bits per heavy atom. The molecule has 2 aromatic rings. The molecular formula is C26H35NO3S2. The molecule has 0 amide bonds. The van der Waals surface area contributed by atoms with Crippen LogP contribution in [-0.2, 0) is 9.53 Å². The van der Waals surface area contributed by atoms with Crippen LogP contribution < -0.4 is 9.64 Å². The zero-order valence-corrected chi connectivity index (χ0v) is 21.3. The van der Waals surface area contributed by atoms with Crippen molar-refractivity contribution in [2.24, 2.45) is 5.41 Å². The Kier molecular flexibility index (Phi) is 9.23. The fourth-order valence-corrected chi connectivity index (χ4v) is 6.06. The molecule has 0 N–H and O–H groups in total. The molecule has 1 aliphatic rings. The monoisotopic (exact) mass is 473 g/mol. The van der Waals surface area contributed by atoms with Crippen LogP contribution in [-0.4, -0.2) is 37.7 Å². The molecule has 3 rings (SSSR count). The highest BCUT2D eigenvalue weighted by Gasteiger charge is 2.35. The average Bonchev–Trinajstić information content (AvgIpc) is 2.99. The number of ether oxygens (including phenoxy) is 2. The van der Waals surface area contributed by atoms with E-state index >= 15 is 0 Å². The number of carbonyl (C=O) groups excluding carboxylic acids is 1. The third-order valence-electron chi connectivity index (χ3n) is 6.09. The van der Waals surface area contributed by atoms with Crippen LogP contribution in [0.3, 0.4) is 0 Å². The van der Waals surface area contributed by atoms with E-state index in [1.165, 1.54) is 35.5 Å². The maximum atomic E-state index is 11.9. The van der Waals surface area contributed by atoms with Gasteiger partial charge in [-0.2, -0.15) is 0 Å². The van der Waals surface area contributed by atoms with E-state index in [1.54, 1.807) is 18.7 Å². The summed E-state index contributed by atoms with van der Waals surface area (Å²) in [5.74, 6) is 1.50. The van der Waals surface area contributed by atoms with Gasteiger partial charge in [0.15, 0.2) is 6.61 Å². The summed E-state index contributed by atoms with van der Waals surface area (Å²) in [5.41, 5.74) is 2.69. The van der Waals surface area contributed by atoms with E-state index in [-0.39, 0.29) is 18.0 Å². The van der Waals surface area contributed by atoms with E-state index < -0.39 is 0 Å². The molecule has 174 valence electrons. The van der Waals surface area contributed by atoms with Crippen molar-refractivity contribution in [1.29, 1.82) is 0 Å². The van der Waals surface area contributed by atoms with Crippen molar-refractivity contribution in [3.05, 3.63) is 42.5 Å². The molecule has 0 fully saturated rings. The van der Waals surface area contributed by atoms with E-state index in [0.29, 0.717) is 6.61 Å². The Labute approximate surface area is 201 Å². The second-order valence-electron chi connectivity index (χ2n) is 8.23. The van der Waals surface area contributed by atoms with Gasteiger partial charge in [-0.15, -0.1) is 23.5 Å². The number of unbranched alkanes of at least 4 members (excludes halogenated alkanes) is 1. The lowest BCUT2D eigenvalue weighted by molar-refractivity contribution is -0.145. The van der Waals surface area contributed by atoms with Crippen molar-refractivity contribution < 1.29 is 14.3 Å². The number of fused-ring (bicyclic) bond motifs is 1. The number of hydrogen-bond acceptors (Lipinski definition) is 6. The third kappa shape index (κ3) is 5.96. The Morgan fingerprint density at radius 3 is 2.62 bits per heavy atom. The lowest BCUT2D eigenvalue weighted by atomic mass is 9.81. The van der Waals surface area contributed by atoms with Gasteiger partial charge in [0.05, 0.1) is 17.2 Å². The molecule has 1 atom stereocenters. The standard InChI is InChI=1S/C26H35NO3S2/c1-5-8-14-26(6-2)18-27(20-12-10-9-11-13-20)21-15-24(31-4)22(16-23(21)32-19-26)30-17-25(28)29-7-3/h9-13,15-16H,5-8,14,17-19H2,1-4H3. The molecule has 0 saturated heterocycles. The van der Waals surface area contributed by atoms with Gasteiger partial charge in [0.1, 0.15) is 5.75 Å². The van der Waals surface area contributed by atoms with Gasteiger partial charge in [0.2, 0.25) is 0 Å². The van der Waals surface area contributed by atoms with Crippen molar-refractivity contribution in [2.45, 2.75) is 56.2 Å². The summed E-state index contributed by atoms with van der Waals surface area (Å²) in [6.07, 6.45) is 6.89. The molecule has 0 aromatic heterocycles. The SMILES string of the molecule is CCCCC1(CC)CSc2cc(OCC(=O)OCC)c(SC)cc2N(c2ccccc2)C1. The largest absolute Gasteiger partial charge is 0.481 e. The van der Waals surface area contributed by atoms with Crippen molar-refractivity contribution >= 4 is 40.9 Å². The molecular weight excluding hydrogens is 438 g/mol. The van der Waals surface area contributed by atoms with E-state index in [9.17, 15) is 4.79 Å². The van der Waals surface area contributed by atoms with Crippen molar-refractivity contribution in [3.8, 4) is 5.75 Å². The minimum absolute atomic E-state index is 0.0668. The summed E-state index contributed by atoms with van der Waals surface area (Å²) < 4.78 is 10.9. The Hall–Kier alpha value is -1.79. The first-order valence-corrected chi connectivity index (χ1v) is 13.7. The fourth-order valence-electron chi connectivity index (χ4n) is 4.10. The van der Waals surface area contributed by atoms with Crippen LogP contribution in [0.2, 0.25) is 0 Å². The molecule has 32 heavy (non-hydrogen) atoms. The number of carbonyl (C=O) groups is 1. The Balaban J connectivity index is 2.01. The van der Waals surface area contributed by atoms with E-state index in [2.05, 4.69) is 61.2 Å². The number of para-hydroxylation sites is 1. The van der Waals surface area contributed by atoms with Crippen LogP contribution in [0.25, 0.3) is 0 Å². The topological polar surface area (TPSA) is 38.8 Å². The zero-order chi connectivity index (χ0) is 23.0. The van der Waals surface area contributed by atoms with Crippen LogP contribution in [0.15, 0.2) is 52.3 Å². The van der Waals surface area contributed by atoms with Crippen molar-refractivity contribution in [1.82, 2.24) is 0 Å². The van der Waals surface area contributed by atoms with Crippen LogP contribution in [0.1, 0.15) is 46.5 Å². The number of benzene rings is 2. The first-order chi connectivity index (χ1) is 15.6. The van der Waals surface area contributed by atoms with Crippen molar-refractivity contribution in [2.75, 3.05) is 36.7 Å². The lowest BCUT2D eigenvalue weighted by Gasteiger charge is -2.37. The van der Waals surface area contributed by atoms with Gasteiger partial charge in [-0.1, -0.05) is 44.9 Å². The summed E-state index contributed by atoms with van der Waals surface area (Å²) in [5, 5.41) is 0. The zero-order valence-electron chi connectivity index (χ0n) is 19.7. The molecule has 4 nitrogen and oxygen atoms in total. The van der Waals surface area contributed by atoms with Crippen molar-refractivity contribution in [3.63, 3.8) is 0 Å². The lowest BCUT2D eigenvalue weighted by Crippen LogP contribution is -2.35. The third-order valence-corrected chi connectivity index (χ3v) is 8.25. The van der Waals surface area contributed by atoms with E-state index in [4.69, 9.17) is 9.47 Å². The predicted molar refractivity (Wildman–Crippen MR) is 137 cm³/mol. The maximum absolute atomic E-state index is 11.9. The number of hydrogen-bond donors (Lipinski definition) is 0. The minimum atomic E-state index is -0.336. The van der Waals surface area contributed by atoms with Gasteiger partial charge in [0.25, 0.3) is 0 Å². The number of thioether (sulfide) groups is 2. The maximum Gasteiger partial charge on any atom is 0.344 e. The molecule has 0 spiro atoms.